The molecule has 0 aliphatic heterocycles. The second kappa shape index (κ2) is 8.46. The lowest BCUT2D eigenvalue weighted by Crippen LogP contribution is -2.31. The second-order valence-corrected chi connectivity index (χ2v) is 7.94. The summed E-state index contributed by atoms with van der Waals surface area (Å²) in [5, 5.41) is 13.3. The number of nitrogens with one attached hydrogen (secondary N) is 1. The van der Waals surface area contributed by atoms with Crippen LogP contribution in [0.2, 0.25) is 10.0 Å². The number of likely N-dealkylation sites (N-methyl/N-ethyl adjacent to an activating group) is 1. The third-order valence-corrected chi connectivity index (χ3v) is 5.76. The predicted molar refractivity (Wildman–Crippen MR) is 125 cm³/mol. The maximum Gasteiger partial charge on any atom is 0.244 e. The minimum Gasteiger partial charge on any atom is -0.351 e. The summed E-state index contributed by atoms with van der Waals surface area (Å²) in [5.74, 6) is 0.498. The van der Waals surface area contributed by atoms with Crippen LogP contribution >= 0.6 is 23.2 Å². The van der Waals surface area contributed by atoms with Crippen molar-refractivity contribution >= 4 is 57.3 Å². The Morgan fingerprint density at radius 2 is 1.90 bits per heavy atom. The van der Waals surface area contributed by atoms with Gasteiger partial charge in [-0.2, -0.15) is 5.26 Å². The van der Waals surface area contributed by atoms with Crippen LogP contribution in [0.3, 0.4) is 0 Å². The molecule has 0 bridgehead atoms. The average Bonchev–Trinajstić information content (AvgIpc) is 3.14. The number of benzene rings is 2. The summed E-state index contributed by atoms with van der Waals surface area (Å²) in [6, 6.07) is 17.0. The van der Waals surface area contributed by atoms with Crippen LogP contribution in [0.4, 0.5) is 11.5 Å². The molecule has 0 aliphatic carbocycles. The fourth-order valence-electron chi connectivity index (χ4n) is 3.64. The van der Waals surface area contributed by atoms with Gasteiger partial charge in [-0.05, 0) is 42.3 Å². The van der Waals surface area contributed by atoms with E-state index in [1.807, 2.05) is 53.6 Å². The predicted octanol–water partition coefficient (Wildman–Crippen LogP) is 5.30. The van der Waals surface area contributed by atoms with Gasteiger partial charge in [0.25, 0.3) is 0 Å². The van der Waals surface area contributed by atoms with Crippen molar-refractivity contribution in [1.82, 2.24) is 9.38 Å². The van der Waals surface area contributed by atoms with Crippen LogP contribution in [0.5, 0.6) is 0 Å². The van der Waals surface area contributed by atoms with Crippen molar-refractivity contribution in [3.63, 3.8) is 0 Å². The van der Waals surface area contributed by atoms with Crippen LogP contribution in [0.15, 0.2) is 48.5 Å². The van der Waals surface area contributed by atoms with Crippen LogP contribution in [0.1, 0.15) is 18.1 Å². The fraction of sp³-hybridized carbons (Fsp3) is 0.174. The normalized spacial score (nSPS) is 10.9. The number of imidazole rings is 1. The molecule has 2 heterocycles. The molecule has 0 fully saturated rings. The number of halogens is 2. The molecule has 8 heteroatoms. The highest BCUT2D eigenvalue weighted by Gasteiger charge is 2.20. The number of hydrogen-bond donors (Lipinski definition) is 1. The van der Waals surface area contributed by atoms with Gasteiger partial charge in [-0.3, -0.25) is 9.20 Å². The molecule has 0 aliphatic rings. The fourth-order valence-corrected chi connectivity index (χ4v) is 4.13. The standard InChI is InChI=1S/C23H19Cl2N5O/c1-3-14-11-21(29(2)13-20(31)28-22-16(24)7-6-8-17(22)25)30-19-10-5-4-9-18(19)27-23(30)15(14)12-26/h4-11H,3,13H2,1-2H3,(H,28,31). The molecule has 2 aromatic heterocycles. The van der Waals surface area contributed by atoms with Crippen LogP contribution < -0.4 is 10.2 Å². The molecule has 0 unspecified atom stereocenters. The number of fused-ring (bicyclic) bond motifs is 3. The van der Waals surface area contributed by atoms with E-state index >= 15 is 0 Å². The Kier molecular flexibility index (Phi) is 5.73. The van der Waals surface area contributed by atoms with Crippen molar-refractivity contribution in [2.24, 2.45) is 0 Å². The Morgan fingerprint density at radius 3 is 2.58 bits per heavy atom. The number of carbonyl (C=O) groups is 1. The van der Waals surface area contributed by atoms with Gasteiger partial charge in [0.2, 0.25) is 5.91 Å². The van der Waals surface area contributed by atoms with Gasteiger partial charge < -0.3 is 10.2 Å². The summed E-state index contributed by atoms with van der Waals surface area (Å²) in [7, 11) is 1.82. The van der Waals surface area contributed by atoms with Gasteiger partial charge in [0.1, 0.15) is 11.9 Å². The van der Waals surface area contributed by atoms with Gasteiger partial charge in [-0.15, -0.1) is 0 Å². The molecule has 2 aromatic carbocycles. The van der Waals surface area contributed by atoms with E-state index in [1.54, 1.807) is 18.2 Å². The third-order valence-electron chi connectivity index (χ3n) is 5.13. The first-order valence-electron chi connectivity index (χ1n) is 9.72. The molecule has 0 radical (unpaired) electrons. The molecule has 0 spiro atoms. The number of amides is 1. The first kappa shape index (κ1) is 21.0. The van der Waals surface area contributed by atoms with Crippen LogP contribution in [0.25, 0.3) is 16.7 Å². The van der Waals surface area contributed by atoms with Crippen molar-refractivity contribution in [1.29, 1.82) is 5.26 Å². The van der Waals surface area contributed by atoms with Gasteiger partial charge in [0, 0.05) is 7.05 Å². The topological polar surface area (TPSA) is 73.4 Å². The second-order valence-electron chi connectivity index (χ2n) is 7.13. The number of para-hydroxylation sites is 3. The molecular formula is C23H19Cl2N5O. The molecule has 31 heavy (non-hydrogen) atoms. The van der Waals surface area contributed by atoms with E-state index in [-0.39, 0.29) is 12.5 Å². The average molecular weight is 452 g/mol. The Labute approximate surface area is 189 Å². The van der Waals surface area contributed by atoms with Crippen molar-refractivity contribution < 1.29 is 4.79 Å². The number of nitriles is 1. The minimum absolute atomic E-state index is 0.0538. The number of pyridine rings is 1. The largest absolute Gasteiger partial charge is 0.351 e. The Bertz CT molecular complexity index is 1340. The van der Waals surface area contributed by atoms with Crippen molar-refractivity contribution in [3.05, 3.63) is 69.7 Å². The van der Waals surface area contributed by atoms with Gasteiger partial charge in [-0.1, -0.05) is 48.3 Å². The summed E-state index contributed by atoms with van der Waals surface area (Å²) < 4.78 is 1.92. The lowest BCUT2D eigenvalue weighted by Gasteiger charge is -2.22. The van der Waals surface area contributed by atoms with Crippen LogP contribution in [-0.4, -0.2) is 28.9 Å². The lowest BCUT2D eigenvalue weighted by molar-refractivity contribution is -0.114. The van der Waals surface area contributed by atoms with Crippen molar-refractivity contribution in [2.75, 3.05) is 23.8 Å². The highest BCUT2D eigenvalue weighted by molar-refractivity contribution is 6.39. The van der Waals surface area contributed by atoms with E-state index in [1.165, 1.54) is 0 Å². The molecule has 0 atom stereocenters. The highest BCUT2D eigenvalue weighted by atomic mass is 35.5. The van der Waals surface area contributed by atoms with E-state index in [9.17, 15) is 10.1 Å². The first-order valence-corrected chi connectivity index (χ1v) is 10.5. The monoisotopic (exact) mass is 451 g/mol. The minimum atomic E-state index is -0.266. The number of aryl methyl sites for hydroxylation is 1. The quantitative estimate of drug-likeness (QED) is 0.446. The SMILES string of the molecule is CCc1cc(N(C)CC(=O)Nc2c(Cl)cccc2Cl)n2c(nc3ccccc32)c1C#N. The van der Waals surface area contributed by atoms with E-state index < -0.39 is 0 Å². The summed E-state index contributed by atoms with van der Waals surface area (Å²) >= 11 is 12.3. The summed E-state index contributed by atoms with van der Waals surface area (Å²) in [4.78, 5) is 19.3. The zero-order valence-corrected chi connectivity index (χ0v) is 18.5. The summed E-state index contributed by atoms with van der Waals surface area (Å²) in [6.07, 6.45) is 0.671. The molecule has 156 valence electrons. The first-order chi connectivity index (χ1) is 14.9. The summed E-state index contributed by atoms with van der Waals surface area (Å²) in [6.45, 7) is 2.05. The number of aromatic nitrogens is 2. The highest BCUT2D eigenvalue weighted by Crippen LogP contribution is 2.31. The van der Waals surface area contributed by atoms with E-state index in [0.29, 0.717) is 33.4 Å². The van der Waals surface area contributed by atoms with E-state index in [0.717, 1.165) is 22.4 Å². The van der Waals surface area contributed by atoms with Crippen LogP contribution in [0, 0.1) is 11.3 Å². The Balaban J connectivity index is 1.76. The zero-order chi connectivity index (χ0) is 22.1. The van der Waals surface area contributed by atoms with Gasteiger partial charge >= 0.3 is 0 Å². The molecule has 0 saturated heterocycles. The van der Waals surface area contributed by atoms with E-state index in [2.05, 4.69) is 16.4 Å². The number of nitrogens with zero attached hydrogens (tertiary/aromatic N) is 4. The van der Waals surface area contributed by atoms with Crippen molar-refractivity contribution in [3.8, 4) is 6.07 Å². The molecule has 4 rings (SSSR count). The maximum absolute atomic E-state index is 12.8. The van der Waals surface area contributed by atoms with Gasteiger partial charge in [0.05, 0.1) is 38.9 Å². The summed E-state index contributed by atoms with van der Waals surface area (Å²) in [5.41, 5.74) is 4.04. The lowest BCUT2D eigenvalue weighted by atomic mass is 10.1. The molecule has 4 aromatic rings. The molecular weight excluding hydrogens is 433 g/mol. The zero-order valence-electron chi connectivity index (χ0n) is 17.0. The number of anilines is 2. The number of hydrogen-bond acceptors (Lipinski definition) is 4. The Hall–Kier alpha value is -3.27. The van der Waals surface area contributed by atoms with Gasteiger partial charge in [0.15, 0.2) is 5.65 Å². The van der Waals surface area contributed by atoms with Crippen LogP contribution in [-0.2, 0) is 11.2 Å². The van der Waals surface area contributed by atoms with Crippen molar-refractivity contribution in [2.45, 2.75) is 13.3 Å². The molecule has 6 nitrogen and oxygen atoms in total. The molecule has 0 saturated carbocycles. The maximum atomic E-state index is 12.8. The smallest absolute Gasteiger partial charge is 0.244 e. The molecule has 1 N–H and O–H groups in total. The van der Waals surface area contributed by atoms with E-state index in [4.69, 9.17) is 23.2 Å². The number of carbonyl (C=O) groups excluding carboxylic acids is 1. The molecule has 1 amide bonds. The Morgan fingerprint density at radius 1 is 1.19 bits per heavy atom. The van der Waals surface area contributed by atoms with Gasteiger partial charge in [-0.25, -0.2) is 4.98 Å². The number of rotatable bonds is 5. The third kappa shape index (κ3) is 3.78.